The molecular formula is C31H36N6O6S. The highest BCUT2D eigenvalue weighted by Crippen LogP contribution is 2.35. The number of imidazole rings is 1. The van der Waals surface area contributed by atoms with Crippen molar-refractivity contribution in [2.24, 2.45) is 13.0 Å². The summed E-state index contributed by atoms with van der Waals surface area (Å²) in [6.45, 7) is 3.47. The smallest absolute Gasteiger partial charge is 0.323 e. The van der Waals surface area contributed by atoms with Crippen LogP contribution in [0, 0.1) is 5.92 Å². The molecule has 1 aliphatic rings. The Morgan fingerprint density at radius 2 is 1.80 bits per heavy atom. The zero-order valence-electron chi connectivity index (χ0n) is 25.0. The number of carbonyl (C=O) groups is 2. The number of para-hydroxylation sites is 1. The van der Waals surface area contributed by atoms with Gasteiger partial charge in [-0.1, -0.05) is 49.4 Å². The fourth-order valence-corrected chi connectivity index (χ4v) is 6.35. The van der Waals surface area contributed by atoms with Crippen molar-refractivity contribution in [1.82, 2.24) is 18.8 Å². The fourth-order valence-electron chi connectivity index (χ4n) is 5.20. The number of nitrogens with one attached hydrogen (secondary N) is 2. The quantitative estimate of drug-likeness (QED) is 0.272. The molecule has 3 aromatic carbocycles. The lowest BCUT2D eigenvalue weighted by molar-refractivity contribution is 0.0389. The van der Waals surface area contributed by atoms with E-state index in [-0.39, 0.29) is 53.5 Å². The van der Waals surface area contributed by atoms with Crippen LogP contribution in [0.5, 0.6) is 5.75 Å². The summed E-state index contributed by atoms with van der Waals surface area (Å²) in [5, 5.41) is 17.4. The molecule has 0 saturated heterocycles. The lowest BCUT2D eigenvalue weighted by Gasteiger charge is -2.38. The molecule has 1 aromatic heterocycles. The Morgan fingerprint density at radius 3 is 2.52 bits per heavy atom. The van der Waals surface area contributed by atoms with E-state index in [2.05, 4.69) is 15.6 Å². The number of benzene rings is 3. The first kappa shape index (κ1) is 31.0. The van der Waals surface area contributed by atoms with Crippen LogP contribution < -0.4 is 15.4 Å². The number of hydrogen-bond donors (Lipinski definition) is 3. The predicted octanol–water partition coefficient (Wildman–Crippen LogP) is 3.76. The van der Waals surface area contributed by atoms with Gasteiger partial charge in [0.1, 0.15) is 6.10 Å². The van der Waals surface area contributed by atoms with Crippen molar-refractivity contribution in [2.45, 2.75) is 31.0 Å². The number of aryl methyl sites for hydroxylation is 1. The minimum atomic E-state index is -3.95. The summed E-state index contributed by atoms with van der Waals surface area (Å²) in [6, 6.07) is 17.0. The average Bonchev–Trinajstić information content (AvgIpc) is 3.46. The summed E-state index contributed by atoms with van der Waals surface area (Å²) in [4.78, 5) is 32.6. The molecule has 5 rings (SSSR count). The number of fused-ring (bicyclic) bond motifs is 2. The Morgan fingerprint density at radius 1 is 1.11 bits per heavy atom. The second-order valence-corrected chi connectivity index (χ2v) is 13.1. The second-order valence-electron chi connectivity index (χ2n) is 11.1. The van der Waals surface area contributed by atoms with Gasteiger partial charge in [0.2, 0.25) is 0 Å². The molecule has 0 spiro atoms. The first-order valence-corrected chi connectivity index (χ1v) is 15.6. The topological polar surface area (TPSA) is 146 Å². The Balaban J connectivity index is 1.48. The number of nitrogens with zero attached hydrogens (tertiary/aromatic N) is 4. The molecule has 3 atom stereocenters. The maximum atomic E-state index is 13.8. The van der Waals surface area contributed by atoms with Gasteiger partial charge >= 0.3 is 6.03 Å². The third kappa shape index (κ3) is 6.25. The number of anilines is 2. The monoisotopic (exact) mass is 620 g/mol. The number of sulfonamides is 1. The zero-order chi connectivity index (χ0) is 31.6. The highest BCUT2D eigenvalue weighted by molar-refractivity contribution is 7.89. The molecule has 0 bridgehead atoms. The van der Waals surface area contributed by atoms with Crippen molar-refractivity contribution in [3.05, 3.63) is 78.8 Å². The van der Waals surface area contributed by atoms with Crippen molar-refractivity contribution in [1.29, 1.82) is 0 Å². The molecule has 0 radical (unpaired) electrons. The number of carbonyl (C=O) groups excluding carboxylic acids is 2. The number of amides is 3. The van der Waals surface area contributed by atoms with Crippen LogP contribution in [0.25, 0.3) is 10.8 Å². The summed E-state index contributed by atoms with van der Waals surface area (Å²) in [6.07, 6.45) is 2.10. The van der Waals surface area contributed by atoms with Gasteiger partial charge in [0, 0.05) is 38.1 Å². The van der Waals surface area contributed by atoms with E-state index in [1.807, 2.05) is 43.3 Å². The van der Waals surface area contributed by atoms with E-state index in [0.29, 0.717) is 5.69 Å². The van der Waals surface area contributed by atoms with E-state index in [1.165, 1.54) is 23.9 Å². The maximum absolute atomic E-state index is 13.8. The molecule has 2 heterocycles. The highest BCUT2D eigenvalue weighted by atomic mass is 32.2. The molecule has 1 aliphatic heterocycles. The number of rotatable bonds is 8. The third-order valence-corrected chi connectivity index (χ3v) is 9.48. The third-order valence-electron chi connectivity index (χ3n) is 7.77. The number of urea groups is 1. The minimum absolute atomic E-state index is 0.0639. The van der Waals surface area contributed by atoms with Gasteiger partial charge in [-0.05, 0) is 30.5 Å². The van der Waals surface area contributed by atoms with Gasteiger partial charge in [-0.3, -0.25) is 4.79 Å². The minimum Gasteiger partial charge on any atom is -0.486 e. The SMILES string of the molecule is C[C@H](CO)N1C[C@H](C)[C@@H](CN(C)S(=O)(=O)c2cn(C)cn2)Oc2c(NC(=O)Nc3cccc4ccccc34)cccc2C1=O. The van der Waals surface area contributed by atoms with Crippen LogP contribution >= 0.6 is 0 Å². The molecule has 12 nitrogen and oxygen atoms in total. The summed E-state index contributed by atoms with van der Waals surface area (Å²) in [5.41, 5.74) is 1.02. The summed E-state index contributed by atoms with van der Waals surface area (Å²) in [7, 11) is -0.818. The number of likely N-dealkylation sites (N-methyl/N-ethyl adjacent to an activating group) is 1. The van der Waals surface area contributed by atoms with Crippen molar-refractivity contribution >= 4 is 44.1 Å². The Labute approximate surface area is 256 Å². The molecular weight excluding hydrogens is 584 g/mol. The molecule has 0 fully saturated rings. The Hall–Kier alpha value is -4.46. The number of aromatic nitrogens is 2. The van der Waals surface area contributed by atoms with Gasteiger partial charge in [-0.2, -0.15) is 4.31 Å². The Kier molecular flexibility index (Phi) is 8.90. The van der Waals surface area contributed by atoms with E-state index in [9.17, 15) is 23.1 Å². The molecule has 3 N–H and O–H groups in total. The van der Waals surface area contributed by atoms with Gasteiger partial charge in [0.25, 0.3) is 15.9 Å². The van der Waals surface area contributed by atoms with E-state index >= 15 is 0 Å². The first-order valence-electron chi connectivity index (χ1n) is 14.2. The maximum Gasteiger partial charge on any atom is 0.323 e. The molecule has 44 heavy (non-hydrogen) atoms. The summed E-state index contributed by atoms with van der Waals surface area (Å²) in [5.74, 6) is -0.625. The lowest BCUT2D eigenvalue weighted by Crippen LogP contribution is -2.50. The van der Waals surface area contributed by atoms with Crippen molar-refractivity contribution in [3.63, 3.8) is 0 Å². The summed E-state index contributed by atoms with van der Waals surface area (Å²) >= 11 is 0. The summed E-state index contributed by atoms with van der Waals surface area (Å²) < 4.78 is 35.8. The van der Waals surface area contributed by atoms with E-state index in [0.717, 1.165) is 10.8 Å². The number of hydrogen-bond acceptors (Lipinski definition) is 7. The molecule has 0 unspecified atom stereocenters. The second kappa shape index (κ2) is 12.6. The highest BCUT2D eigenvalue weighted by Gasteiger charge is 2.36. The van der Waals surface area contributed by atoms with E-state index in [1.54, 1.807) is 47.7 Å². The van der Waals surface area contributed by atoms with Crippen molar-refractivity contribution in [2.75, 3.05) is 37.4 Å². The van der Waals surface area contributed by atoms with Gasteiger partial charge in [0.15, 0.2) is 10.8 Å². The van der Waals surface area contributed by atoms with Crippen LogP contribution in [0.1, 0.15) is 24.2 Å². The van der Waals surface area contributed by atoms with Crippen LogP contribution in [0.4, 0.5) is 16.2 Å². The van der Waals surface area contributed by atoms with Gasteiger partial charge in [-0.25, -0.2) is 18.2 Å². The van der Waals surface area contributed by atoms with Crippen LogP contribution in [0.15, 0.2) is 78.2 Å². The van der Waals surface area contributed by atoms with Crippen LogP contribution in [0.2, 0.25) is 0 Å². The average molecular weight is 621 g/mol. The molecule has 13 heteroatoms. The molecule has 232 valence electrons. The number of aliphatic hydroxyl groups is 1. The van der Waals surface area contributed by atoms with Crippen LogP contribution in [-0.2, 0) is 17.1 Å². The standard InChI is InChI=1S/C31H36N6O6S/c1-20-15-37(21(2)18-38)30(39)24-12-8-14-26(34-31(40)33-25-13-7-10-22-9-5-6-11-23(22)25)29(24)43-27(20)16-36(4)44(41,42)28-17-35(3)19-32-28/h5-14,17,19-21,27,38H,15-16,18H2,1-4H3,(H2,33,34,40)/t20-,21+,27+/m0/s1. The number of aliphatic hydroxyl groups excluding tert-OH is 1. The number of ether oxygens (including phenoxy) is 1. The molecule has 0 saturated carbocycles. The van der Waals surface area contributed by atoms with Crippen molar-refractivity contribution in [3.8, 4) is 5.75 Å². The normalized spacial score (nSPS) is 17.9. The van der Waals surface area contributed by atoms with Gasteiger partial charge < -0.3 is 29.9 Å². The lowest BCUT2D eigenvalue weighted by atomic mass is 9.99. The van der Waals surface area contributed by atoms with Crippen LogP contribution in [-0.4, -0.2) is 83.1 Å². The zero-order valence-corrected chi connectivity index (χ0v) is 25.8. The molecule has 0 aliphatic carbocycles. The van der Waals surface area contributed by atoms with Crippen LogP contribution in [0.3, 0.4) is 0 Å². The molecule has 4 aromatic rings. The first-order chi connectivity index (χ1) is 21.0. The van der Waals surface area contributed by atoms with Crippen molar-refractivity contribution < 1.29 is 27.9 Å². The van der Waals surface area contributed by atoms with E-state index in [4.69, 9.17) is 4.74 Å². The fraction of sp³-hybridized carbons (Fsp3) is 0.323. The van der Waals surface area contributed by atoms with E-state index < -0.39 is 28.2 Å². The Bertz CT molecular complexity index is 1790. The largest absolute Gasteiger partial charge is 0.486 e. The molecule has 3 amide bonds. The van der Waals surface area contributed by atoms with Gasteiger partial charge in [-0.15, -0.1) is 0 Å². The van der Waals surface area contributed by atoms with Gasteiger partial charge in [0.05, 0.1) is 42.5 Å². The predicted molar refractivity (Wildman–Crippen MR) is 167 cm³/mol.